The first-order chi connectivity index (χ1) is 8.82. The minimum Gasteiger partial charge on any atom is -0.206 e. The Labute approximate surface area is 139 Å². The number of alkyl halides is 1. The van der Waals surface area contributed by atoms with Crippen LogP contribution in [-0.2, 0) is 10.0 Å². The summed E-state index contributed by atoms with van der Waals surface area (Å²) in [5.74, 6) is 0.546. The third-order valence-electron chi connectivity index (χ3n) is 3.36. The number of nitrogens with zero attached hydrogens (tertiary/aromatic N) is 1. The molecule has 0 saturated carbocycles. The van der Waals surface area contributed by atoms with E-state index in [0.29, 0.717) is 36.9 Å². The number of piperidine rings is 1. The Kier molecular flexibility index (Phi) is 5.40. The number of sulfonamides is 1. The molecule has 3 nitrogen and oxygen atoms in total. The lowest BCUT2D eigenvalue weighted by Gasteiger charge is -2.32. The Morgan fingerprint density at radius 3 is 2.47 bits per heavy atom. The van der Waals surface area contributed by atoms with Gasteiger partial charge in [0.15, 0.2) is 0 Å². The maximum absolute atomic E-state index is 12.5. The van der Waals surface area contributed by atoms with Gasteiger partial charge in [-0.15, -0.1) is 11.3 Å². The van der Waals surface area contributed by atoms with E-state index < -0.39 is 10.0 Å². The van der Waals surface area contributed by atoms with Gasteiger partial charge in [0.2, 0.25) is 0 Å². The first-order valence-corrected chi connectivity index (χ1v) is 10.3. The van der Waals surface area contributed by atoms with Gasteiger partial charge in [-0.3, -0.25) is 0 Å². The molecule has 0 aliphatic carbocycles. The second kappa shape index (κ2) is 6.32. The highest BCUT2D eigenvalue weighted by Crippen LogP contribution is 2.37. The molecule has 0 bridgehead atoms. The monoisotopic (exact) mass is 449 g/mol. The molecule has 2 rings (SSSR count). The van der Waals surface area contributed by atoms with E-state index in [2.05, 4.69) is 38.8 Å². The van der Waals surface area contributed by atoms with Crippen molar-refractivity contribution in [2.75, 3.05) is 13.1 Å². The van der Waals surface area contributed by atoms with E-state index in [1.165, 1.54) is 17.4 Å². The molecule has 1 aliphatic rings. The molecule has 19 heavy (non-hydrogen) atoms. The summed E-state index contributed by atoms with van der Waals surface area (Å²) in [6.07, 6.45) is 1.79. The van der Waals surface area contributed by atoms with Crippen LogP contribution < -0.4 is 0 Å². The molecule has 1 aromatic rings. The molecule has 8 heteroatoms. The molecule has 0 amide bonds. The second-order valence-electron chi connectivity index (χ2n) is 4.61. The molecule has 0 aromatic carbocycles. The summed E-state index contributed by atoms with van der Waals surface area (Å²) in [4.78, 5) is 0.433. The highest BCUT2D eigenvalue weighted by Gasteiger charge is 2.32. The number of thiophene rings is 1. The molecule has 0 N–H and O–H groups in total. The Balaban J connectivity index is 2.14. The van der Waals surface area contributed by atoms with Crippen molar-refractivity contribution in [3.8, 4) is 0 Å². The van der Waals surface area contributed by atoms with E-state index in [-0.39, 0.29) is 0 Å². The van der Waals surface area contributed by atoms with Crippen LogP contribution in [0.2, 0.25) is 5.02 Å². The maximum Gasteiger partial charge on any atom is 0.252 e. The van der Waals surface area contributed by atoms with Gasteiger partial charge < -0.3 is 0 Å². The molecule has 1 aromatic heterocycles. The molecule has 1 fully saturated rings. The van der Waals surface area contributed by atoms with Gasteiger partial charge in [-0.05, 0) is 40.8 Å². The molecular weight excluding hydrogens is 438 g/mol. The summed E-state index contributed by atoms with van der Waals surface area (Å²) in [7, 11) is -3.39. The van der Waals surface area contributed by atoms with E-state index in [0.717, 1.165) is 12.8 Å². The van der Waals surface area contributed by atoms with Crippen molar-refractivity contribution in [3.63, 3.8) is 0 Å². The highest BCUT2D eigenvalue weighted by molar-refractivity contribution is 9.11. The Bertz CT molecular complexity index is 532. The SMILES string of the molecule is CC(Br)C1CCN(S(=O)(=O)c2cc(Cl)c(Br)s2)CC1. The molecule has 1 aliphatic heterocycles. The summed E-state index contributed by atoms with van der Waals surface area (Å²) in [5.41, 5.74) is 0. The average Bonchev–Trinajstić information content (AvgIpc) is 2.70. The van der Waals surface area contributed by atoms with Gasteiger partial charge >= 0.3 is 0 Å². The van der Waals surface area contributed by atoms with Gasteiger partial charge in [-0.25, -0.2) is 8.42 Å². The first-order valence-electron chi connectivity index (χ1n) is 5.91. The van der Waals surface area contributed by atoms with Crippen molar-refractivity contribution in [3.05, 3.63) is 14.9 Å². The standard InChI is InChI=1S/C11H14Br2ClNO2S2/c1-7(12)8-2-4-15(5-3-8)19(16,17)10-6-9(14)11(13)18-10/h6-8H,2-5H2,1H3. The molecule has 0 spiro atoms. The summed E-state index contributed by atoms with van der Waals surface area (Å²) < 4.78 is 27.5. The molecular formula is C11H14Br2ClNO2S2. The van der Waals surface area contributed by atoms with Gasteiger partial charge in [0.1, 0.15) is 4.21 Å². The van der Waals surface area contributed by atoms with Gasteiger partial charge in [0, 0.05) is 17.9 Å². The predicted octanol–water partition coefficient (Wildman–Crippen LogP) is 4.35. The van der Waals surface area contributed by atoms with E-state index in [4.69, 9.17) is 11.6 Å². The number of hydrogen-bond donors (Lipinski definition) is 0. The van der Waals surface area contributed by atoms with Gasteiger partial charge in [0.25, 0.3) is 10.0 Å². The zero-order valence-electron chi connectivity index (χ0n) is 10.3. The van der Waals surface area contributed by atoms with Crippen LogP contribution in [0, 0.1) is 5.92 Å². The lowest BCUT2D eigenvalue weighted by Crippen LogP contribution is -2.39. The molecule has 1 atom stereocenters. The topological polar surface area (TPSA) is 37.4 Å². The zero-order chi connectivity index (χ0) is 14.2. The predicted molar refractivity (Wildman–Crippen MR) is 86.9 cm³/mol. The van der Waals surface area contributed by atoms with Crippen LogP contribution in [0.15, 0.2) is 14.1 Å². The van der Waals surface area contributed by atoms with Crippen molar-refractivity contribution in [2.24, 2.45) is 5.92 Å². The Morgan fingerprint density at radius 2 is 2.05 bits per heavy atom. The molecule has 1 saturated heterocycles. The molecule has 2 heterocycles. The minimum atomic E-state index is -3.39. The Morgan fingerprint density at radius 1 is 1.47 bits per heavy atom. The second-order valence-corrected chi connectivity index (χ2v) is 11.0. The fourth-order valence-corrected chi connectivity index (χ4v) is 6.71. The van der Waals surface area contributed by atoms with E-state index in [1.807, 2.05) is 0 Å². The lowest BCUT2D eigenvalue weighted by atomic mass is 9.96. The van der Waals surface area contributed by atoms with Crippen molar-refractivity contribution < 1.29 is 8.42 Å². The van der Waals surface area contributed by atoms with Crippen LogP contribution in [0.1, 0.15) is 19.8 Å². The fraction of sp³-hybridized carbons (Fsp3) is 0.636. The van der Waals surface area contributed by atoms with Crippen LogP contribution in [0.25, 0.3) is 0 Å². The van der Waals surface area contributed by atoms with Crippen molar-refractivity contribution in [1.82, 2.24) is 4.31 Å². The van der Waals surface area contributed by atoms with E-state index in [1.54, 1.807) is 4.31 Å². The molecule has 0 radical (unpaired) electrons. The third-order valence-corrected chi connectivity index (χ3v) is 8.94. The maximum atomic E-state index is 12.5. The average molecular weight is 452 g/mol. The minimum absolute atomic E-state index is 0.315. The number of hydrogen-bond acceptors (Lipinski definition) is 3. The van der Waals surface area contributed by atoms with Gasteiger partial charge in [-0.2, -0.15) is 4.31 Å². The summed E-state index contributed by atoms with van der Waals surface area (Å²) in [6, 6.07) is 1.52. The van der Waals surface area contributed by atoms with Crippen LogP contribution in [-0.4, -0.2) is 30.6 Å². The number of halogens is 3. The molecule has 108 valence electrons. The van der Waals surface area contributed by atoms with Crippen molar-refractivity contribution in [2.45, 2.75) is 28.8 Å². The third kappa shape index (κ3) is 3.55. The van der Waals surface area contributed by atoms with Crippen LogP contribution in [0.5, 0.6) is 0 Å². The number of rotatable bonds is 3. The smallest absolute Gasteiger partial charge is 0.206 e. The summed E-state index contributed by atoms with van der Waals surface area (Å²) in [5, 5.41) is 0.451. The van der Waals surface area contributed by atoms with E-state index in [9.17, 15) is 8.42 Å². The zero-order valence-corrected chi connectivity index (χ0v) is 15.8. The van der Waals surface area contributed by atoms with Gasteiger partial charge in [0.05, 0.1) is 8.81 Å². The van der Waals surface area contributed by atoms with E-state index >= 15 is 0 Å². The highest BCUT2D eigenvalue weighted by atomic mass is 79.9. The Hall–Kier alpha value is 0.860. The quantitative estimate of drug-likeness (QED) is 0.641. The van der Waals surface area contributed by atoms with Crippen molar-refractivity contribution >= 4 is 64.8 Å². The molecule has 1 unspecified atom stereocenters. The largest absolute Gasteiger partial charge is 0.252 e. The van der Waals surface area contributed by atoms with Crippen LogP contribution in [0.3, 0.4) is 0 Å². The summed E-state index contributed by atoms with van der Waals surface area (Å²) in [6.45, 7) is 3.27. The van der Waals surface area contributed by atoms with Crippen LogP contribution >= 0.6 is 54.8 Å². The first kappa shape index (κ1) is 16.2. The lowest BCUT2D eigenvalue weighted by molar-refractivity contribution is 0.275. The van der Waals surface area contributed by atoms with Gasteiger partial charge in [-0.1, -0.05) is 34.5 Å². The van der Waals surface area contributed by atoms with Crippen LogP contribution in [0.4, 0.5) is 0 Å². The summed E-state index contributed by atoms with van der Waals surface area (Å²) >= 11 is 13.9. The normalized spacial score (nSPS) is 20.6. The fourth-order valence-electron chi connectivity index (χ4n) is 2.16. The van der Waals surface area contributed by atoms with Crippen molar-refractivity contribution in [1.29, 1.82) is 0 Å².